The number of aromatic nitrogens is 1. The topological polar surface area (TPSA) is 63.3 Å². The number of fused-ring (bicyclic) bond motifs is 1. The molecule has 4 nitrogen and oxygen atoms in total. The van der Waals surface area contributed by atoms with Crippen LogP contribution in [0.2, 0.25) is 5.15 Å². The van der Waals surface area contributed by atoms with Gasteiger partial charge < -0.3 is 5.73 Å². The fourth-order valence-corrected chi connectivity index (χ4v) is 1.84. The number of nitrogens with zero attached hydrogens (tertiary/aromatic N) is 2. The number of hydrogen-bond donors (Lipinski definition) is 2. The van der Waals surface area contributed by atoms with Gasteiger partial charge in [0.2, 0.25) is 0 Å². The summed E-state index contributed by atoms with van der Waals surface area (Å²) in [6, 6.07) is 7.86. The number of halogens is 1. The van der Waals surface area contributed by atoms with E-state index in [4.69, 9.17) is 17.3 Å². The van der Waals surface area contributed by atoms with Crippen molar-refractivity contribution >= 4 is 46.0 Å². The molecule has 18 heavy (non-hydrogen) atoms. The number of pyridine rings is 1. The first kappa shape index (κ1) is 12.7. The van der Waals surface area contributed by atoms with E-state index in [1.165, 1.54) is 6.21 Å². The Bertz CT molecular complexity index is 639. The monoisotopic (exact) mass is 278 g/mol. The van der Waals surface area contributed by atoms with Crippen LogP contribution in [0.15, 0.2) is 29.4 Å². The predicted molar refractivity (Wildman–Crippen MR) is 79.0 cm³/mol. The van der Waals surface area contributed by atoms with E-state index in [1.54, 1.807) is 0 Å². The van der Waals surface area contributed by atoms with Crippen molar-refractivity contribution < 1.29 is 0 Å². The summed E-state index contributed by atoms with van der Waals surface area (Å²) in [6.07, 6.45) is 1.54. The Hall–Kier alpha value is -1.72. The van der Waals surface area contributed by atoms with Crippen molar-refractivity contribution in [1.82, 2.24) is 10.4 Å². The second kappa shape index (κ2) is 5.29. The number of hydrazone groups is 1. The zero-order valence-electron chi connectivity index (χ0n) is 9.64. The average Bonchev–Trinajstić information content (AvgIpc) is 2.31. The van der Waals surface area contributed by atoms with E-state index in [1.807, 2.05) is 31.2 Å². The number of thiocarbonyl (C=S) groups is 1. The number of benzene rings is 1. The second-order valence-corrected chi connectivity index (χ2v) is 4.55. The number of nitrogens with one attached hydrogen (secondary N) is 1. The summed E-state index contributed by atoms with van der Waals surface area (Å²) < 4.78 is 0. The molecule has 0 spiro atoms. The molecule has 92 valence electrons. The van der Waals surface area contributed by atoms with Crippen LogP contribution in [0.1, 0.15) is 11.1 Å². The first-order valence-corrected chi connectivity index (χ1v) is 6.01. The van der Waals surface area contributed by atoms with Crippen LogP contribution in [0.4, 0.5) is 0 Å². The highest BCUT2D eigenvalue weighted by molar-refractivity contribution is 7.80. The summed E-state index contributed by atoms with van der Waals surface area (Å²) in [7, 11) is 0. The molecule has 3 N–H and O–H groups in total. The van der Waals surface area contributed by atoms with Crippen molar-refractivity contribution in [1.29, 1.82) is 0 Å². The van der Waals surface area contributed by atoms with Gasteiger partial charge in [-0.15, -0.1) is 0 Å². The smallest absolute Gasteiger partial charge is 0.184 e. The molecule has 1 heterocycles. The summed E-state index contributed by atoms with van der Waals surface area (Å²) in [5.74, 6) is 0. The highest BCUT2D eigenvalue weighted by Gasteiger charge is 2.04. The van der Waals surface area contributed by atoms with Gasteiger partial charge in [-0.1, -0.05) is 29.8 Å². The minimum absolute atomic E-state index is 0.104. The van der Waals surface area contributed by atoms with E-state index in [0.29, 0.717) is 10.7 Å². The molecule has 2 rings (SSSR count). The molecule has 0 saturated heterocycles. The molecule has 0 saturated carbocycles. The molecular formula is C12H11ClN4S. The Balaban J connectivity index is 2.44. The summed E-state index contributed by atoms with van der Waals surface area (Å²) in [6.45, 7) is 1.99. The van der Waals surface area contributed by atoms with Crippen LogP contribution in [0.3, 0.4) is 0 Å². The molecule has 6 heteroatoms. The fourth-order valence-electron chi connectivity index (χ4n) is 1.60. The average molecular weight is 279 g/mol. The molecule has 2 aromatic rings. The minimum atomic E-state index is 0.104. The largest absolute Gasteiger partial charge is 0.375 e. The van der Waals surface area contributed by atoms with Gasteiger partial charge in [-0.3, -0.25) is 5.43 Å². The first-order valence-electron chi connectivity index (χ1n) is 5.22. The van der Waals surface area contributed by atoms with Crippen LogP contribution in [0, 0.1) is 6.92 Å². The highest BCUT2D eigenvalue weighted by Crippen LogP contribution is 2.21. The lowest BCUT2D eigenvalue weighted by atomic mass is 10.1. The molecule has 0 aliphatic carbocycles. The molecule has 0 atom stereocenters. The Morgan fingerprint density at radius 3 is 3.06 bits per heavy atom. The molecule has 0 aliphatic heterocycles. The van der Waals surface area contributed by atoms with E-state index < -0.39 is 0 Å². The third kappa shape index (κ3) is 2.75. The maximum absolute atomic E-state index is 6.10. The first-order chi connectivity index (χ1) is 8.58. The molecule has 1 aromatic heterocycles. The number of hydrogen-bond acceptors (Lipinski definition) is 3. The van der Waals surface area contributed by atoms with Gasteiger partial charge in [-0.2, -0.15) is 5.10 Å². The summed E-state index contributed by atoms with van der Waals surface area (Å²) in [5, 5.41) is 5.37. The molecule has 0 fully saturated rings. The molecule has 0 bridgehead atoms. The lowest BCUT2D eigenvalue weighted by molar-refractivity contribution is 1.04. The Kier molecular flexibility index (Phi) is 3.74. The Morgan fingerprint density at radius 1 is 1.56 bits per heavy atom. The van der Waals surface area contributed by atoms with Gasteiger partial charge in [-0.05, 0) is 30.8 Å². The Labute approximate surface area is 115 Å². The van der Waals surface area contributed by atoms with E-state index in [2.05, 4.69) is 27.7 Å². The van der Waals surface area contributed by atoms with Crippen molar-refractivity contribution in [3.05, 3.63) is 40.5 Å². The van der Waals surface area contributed by atoms with Gasteiger partial charge >= 0.3 is 0 Å². The van der Waals surface area contributed by atoms with Crippen molar-refractivity contribution in [2.45, 2.75) is 6.92 Å². The maximum Gasteiger partial charge on any atom is 0.184 e. The van der Waals surface area contributed by atoms with Gasteiger partial charge in [0.1, 0.15) is 5.15 Å². The third-order valence-corrected chi connectivity index (χ3v) is 2.80. The summed E-state index contributed by atoms with van der Waals surface area (Å²) in [5.41, 5.74) is 10.4. The van der Waals surface area contributed by atoms with Crippen molar-refractivity contribution in [3.8, 4) is 0 Å². The van der Waals surface area contributed by atoms with Crippen LogP contribution in [0.25, 0.3) is 10.9 Å². The van der Waals surface area contributed by atoms with Crippen LogP contribution in [-0.2, 0) is 0 Å². The lowest BCUT2D eigenvalue weighted by Crippen LogP contribution is -2.24. The lowest BCUT2D eigenvalue weighted by Gasteiger charge is -2.04. The second-order valence-electron chi connectivity index (χ2n) is 3.75. The number of para-hydroxylation sites is 1. The van der Waals surface area contributed by atoms with Crippen LogP contribution < -0.4 is 11.2 Å². The molecule has 0 aliphatic rings. The molecular weight excluding hydrogens is 268 g/mol. The van der Waals surface area contributed by atoms with E-state index in [-0.39, 0.29) is 5.11 Å². The zero-order chi connectivity index (χ0) is 13.1. The SMILES string of the molecule is Cc1cccc2cc(C=NNC(N)=S)c(Cl)nc12. The molecule has 0 unspecified atom stereocenters. The van der Waals surface area contributed by atoms with Gasteiger partial charge in [0.25, 0.3) is 0 Å². The third-order valence-electron chi connectivity index (χ3n) is 2.41. The van der Waals surface area contributed by atoms with Gasteiger partial charge in [0.05, 0.1) is 11.7 Å². The molecule has 0 radical (unpaired) electrons. The zero-order valence-corrected chi connectivity index (χ0v) is 11.2. The van der Waals surface area contributed by atoms with Crippen molar-refractivity contribution in [3.63, 3.8) is 0 Å². The number of aryl methyl sites for hydroxylation is 1. The predicted octanol–water partition coefficient (Wildman–Crippen LogP) is 2.36. The van der Waals surface area contributed by atoms with Gasteiger partial charge in [-0.25, -0.2) is 4.98 Å². The van der Waals surface area contributed by atoms with E-state index in [0.717, 1.165) is 16.5 Å². The summed E-state index contributed by atoms with van der Waals surface area (Å²) in [4.78, 5) is 4.36. The standard InChI is InChI=1S/C12H11ClN4S/c1-7-3-2-4-8-5-9(6-15-17-12(14)18)11(13)16-10(7)8/h2-6H,1H3,(H3,14,17,18). The normalized spacial score (nSPS) is 11.0. The van der Waals surface area contributed by atoms with E-state index in [9.17, 15) is 0 Å². The molecule has 0 amide bonds. The van der Waals surface area contributed by atoms with E-state index >= 15 is 0 Å². The summed E-state index contributed by atoms with van der Waals surface area (Å²) >= 11 is 10.7. The number of nitrogens with two attached hydrogens (primary N) is 1. The quantitative estimate of drug-likeness (QED) is 0.383. The van der Waals surface area contributed by atoms with Crippen molar-refractivity contribution in [2.24, 2.45) is 10.8 Å². The van der Waals surface area contributed by atoms with Crippen molar-refractivity contribution in [2.75, 3.05) is 0 Å². The van der Waals surface area contributed by atoms with Gasteiger partial charge in [0.15, 0.2) is 5.11 Å². The van der Waals surface area contributed by atoms with Crippen LogP contribution >= 0.6 is 23.8 Å². The number of rotatable bonds is 2. The molecule has 1 aromatic carbocycles. The maximum atomic E-state index is 6.10. The van der Waals surface area contributed by atoms with Gasteiger partial charge in [0, 0.05) is 10.9 Å². The highest BCUT2D eigenvalue weighted by atomic mass is 35.5. The Morgan fingerprint density at radius 2 is 2.33 bits per heavy atom. The fraction of sp³-hybridized carbons (Fsp3) is 0.0833. The van der Waals surface area contributed by atoms with Crippen LogP contribution in [-0.4, -0.2) is 16.3 Å². The minimum Gasteiger partial charge on any atom is -0.375 e. The van der Waals surface area contributed by atoms with Crippen LogP contribution in [0.5, 0.6) is 0 Å².